The molecule has 1 atom stereocenters. The minimum Gasteiger partial charge on any atom is -0.409 e. The Balaban J connectivity index is 2.56. The maximum absolute atomic E-state index is 12.6. The average molecular weight is 276 g/mol. The number of aromatic nitrogens is 1. The molecule has 1 rings (SSSR count). The fourth-order valence-electron chi connectivity index (χ4n) is 1.42. The normalized spacial score (nSPS) is 14.4. The number of nitrogens with one attached hydrogen (secondary N) is 1. The highest BCUT2D eigenvalue weighted by Gasteiger charge is 2.42. The van der Waals surface area contributed by atoms with Gasteiger partial charge in [0.25, 0.3) is 0 Å². The molecular formula is C11H15F3N4O. The van der Waals surface area contributed by atoms with Crippen LogP contribution in [0.4, 0.5) is 13.2 Å². The van der Waals surface area contributed by atoms with Gasteiger partial charge in [-0.05, 0) is 18.6 Å². The standard InChI is InChI=1S/C11H15F3N4O/c1-7-2-3-8(5-17-7)4-16-6-9(10(15)18-19)11(12,13)14/h2-3,5,9,16,19H,4,6H2,1H3,(H2,15,18). The zero-order valence-corrected chi connectivity index (χ0v) is 10.3. The highest BCUT2D eigenvalue weighted by Crippen LogP contribution is 2.25. The molecule has 106 valence electrons. The number of hydrogen-bond acceptors (Lipinski definition) is 4. The number of nitrogens with two attached hydrogens (primary N) is 1. The van der Waals surface area contributed by atoms with E-state index in [1.165, 1.54) is 0 Å². The maximum Gasteiger partial charge on any atom is 0.400 e. The molecule has 0 saturated carbocycles. The lowest BCUT2D eigenvalue weighted by Crippen LogP contribution is -2.42. The van der Waals surface area contributed by atoms with Crippen LogP contribution in [0.25, 0.3) is 0 Å². The molecule has 0 amide bonds. The third-order valence-electron chi connectivity index (χ3n) is 2.52. The Morgan fingerprint density at radius 2 is 2.21 bits per heavy atom. The molecule has 5 nitrogen and oxygen atoms in total. The van der Waals surface area contributed by atoms with Gasteiger partial charge in [-0.3, -0.25) is 4.98 Å². The SMILES string of the molecule is Cc1ccc(CNCC(/C(N)=N/O)C(F)(F)F)cn1. The minimum atomic E-state index is -4.56. The summed E-state index contributed by atoms with van der Waals surface area (Å²) in [4.78, 5) is 4.03. The molecule has 1 aromatic rings. The summed E-state index contributed by atoms with van der Waals surface area (Å²) in [5, 5.41) is 13.4. The van der Waals surface area contributed by atoms with Crippen LogP contribution in [0, 0.1) is 12.8 Å². The topological polar surface area (TPSA) is 83.5 Å². The summed E-state index contributed by atoms with van der Waals surface area (Å²) in [5.74, 6) is -2.88. The molecule has 0 aliphatic rings. The monoisotopic (exact) mass is 276 g/mol. The van der Waals surface area contributed by atoms with Crippen LogP contribution in [0.3, 0.4) is 0 Å². The summed E-state index contributed by atoms with van der Waals surface area (Å²) < 4.78 is 37.8. The number of halogens is 3. The van der Waals surface area contributed by atoms with Crippen LogP contribution in [0.1, 0.15) is 11.3 Å². The molecule has 1 unspecified atom stereocenters. The van der Waals surface area contributed by atoms with Gasteiger partial charge in [0.1, 0.15) is 5.92 Å². The zero-order chi connectivity index (χ0) is 14.5. The van der Waals surface area contributed by atoms with E-state index >= 15 is 0 Å². The number of rotatable bonds is 5. The van der Waals surface area contributed by atoms with E-state index in [1.54, 1.807) is 18.3 Å². The van der Waals surface area contributed by atoms with Crippen molar-refractivity contribution in [2.45, 2.75) is 19.6 Å². The summed E-state index contributed by atoms with van der Waals surface area (Å²) in [5.41, 5.74) is 6.61. The van der Waals surface area contributed by atoms with Gasteiger partial charge in [0.2, 0.25) is 0 Å². The summed E-state index contributed by atoms with van der Waals surface area (Å²) in [6.45, 7) is 1.57. The fourth-order valence-corrected chi connectivity index (χ4v) is 1.42. The van der Waals surface area contributed by atoms with E-state index < -0.39 is 24.5 Å². The van der Waals surface area contributed by atoms with Crippen molar-refractivity contribution in [1.29, 1.82) is 0 Å². The van der Waals surface area contributed by atoms with Gasteiger partial charge < -0.3 is 16.3 Å². The molecular weight excluding hydrogens is 261 g/mol. The number of aryl methyl sites for hydroxylation is 1. The fraction of sp³-hybridized carbons (Fsp3) is 0.455. The van der Waals surface area contributed by atoms with Crippen LogP contribution >= 0.6 is 0 Å². The molecule has 0 radical (unpaired) electrons. The van der Waals surface area contributed by atoms with E-state index in [0.29, 0.717) is 0 Å². The lowest BCUT2D eigenvalue weighted by molar-refractivity contribution is -0.154. The van der Waals surface area contributed by atoms with Gasteiger partial charge in [-0.1, -0.05) is 11.2 Å². The predicted molar refractivity (Wildman–Crippen MR) is 63.6 cm³/mol. The van der Waals surface area contributed by atoms with Crippen LogP contribution in [0.15, 0.2) is 23.5 Å². The first-order valence-electron chi connectivity index (χ1n) is 5.51. The Labute approximate surface area is 108 Å². The van der Waals surface area contributed by atoms with Crippen molar-refractivity contribution in [3.05, 3.63) is 29.6 Å². The van der Waals surface area contributed by atoms with E-state index in [1.807, 2.05) is 6.92 Å². The molecule has 8 heteroatoms. The number of nitrogens with zero attached hydrogens (tertiary/aromatic N) is 2. The molecule has 4 N–H and O–H groups in total. The summed E-state index contributed by atoms with van der Waals surface area (Å²) >= 11 is 0. The molecule has 0 aliphatic heterocycles. The summed E-state index contributed by atoms with van der Waals surface area (Å²) in [6, 6.07) is 3.53. The van der Waals surface area contributed by atoms with Crippen LogP contribution in [-0.4, -0.2) is 28.7 Å². The van der Waals surface area contributed by atoms with Crippen molar-refractivity contribution in [2.75, 3.05) is 6.54 Å². The summed E-state index contributed by atoms with van der Waals surface area (Å²) in [6.07, 6.45) is -2.98. The lowest BCUT2D eigenvalue weighted by Gasteiger charge is -2.19. The molecule has 0 aliphatic carbocycles. The first kappa shape index (κ1) is 15.2. The first-order chi connectivity index (χ1) is 8.84. The van der Waals surface area contributed by atoms with Gasteiger partial charge in [0.05, 0.1) is 0 Å². The predicted octanol–water partition coefficient (Wildman–Crippen LogP) is 1.40. The Morgan fingerprint density at radius 1 is 1.53 bits per heavy atom. The maximum atomic E-state index is 12.6. The second-order valence-corrected chi connectivity index (χ2v) is 4.06. The smallest absolute Gasteiger partial charge is 0.400 e. The van der Waals surface area contributed by atoms with Crippen LogP contribution in [0.2, 0.25) is 0 Å². The largest absolute Gasteiger partial charge is 0.409 e. The van der Waals surface area contributed by atoms with E-state index in [0.717, 1.165) is 11.3 Å². The molecule has 0 bridgehead atoms. The Morgan fingerprint density at radius 3 is 2.68 bits per heavy atom. The quantitative estimate of drug-likeness (QED) is 0.328. The molecule has 0 spiro atoms. The second kappa shape index (κ2) is 6.37. The van der Waals surface area contributed by atoms with Crippen molar-refractivity contribution in [3.8, 4) is 0 Å². The average Bonchev–Trinajstić information content (AvgIpc) is 2.34. The number of alkyl halides is 3. The Hall–Kier alpha value is -1.83. The van der Waals surface area contributed by atoms with Gasteiger partial charge in [-0.25, -0.2) is 0 Å². The number of oxime groups is 1. The molecule has 1 heterocycles. The van der Waals surface area contributed by atoms with Crippen molar-refractivity contribution >= 4 is 5.84 Å². The van der Waals surface area contributed by atoms with Crippen LogP contribution < -0.4 is 11.1 Å². The third-order valence-corrected chi connectivity index (χ3v) is 2.52. The van der Waals surface area contributed by atoms with Crippen molar-refractivity contribution in [2.24, 2.45) is 16.8 Å². The minimum absolute atomic E-state index is 0.221. The number of amidine groups is 1. The third kappa shape index (κ3) is 4.74. The molecule has 0 fully saturated rings. The van der Waals surface area contributed by atoms with Crippen molar-refractivity contribution < 1.29 is 18.4 Å². The summed E-state index contributed by atoms with van der Waals surface area (Å²) in [7, 11) is 0. The molecule has 0 saturated heterocycles. The highest BCUT2D eigenvalue weighted by atomic mass is 19.4. The van der Waals surface area contributed by atoms with Gasteiger partial charge in [-0.15, -0.1) is 0 Å². The van der Waals surface area contributed by atoms with Crippen LogP contribution in [-0.2, 0) is 6.54 Å². The highest BCUT2D eigenvalue weighted by molar-refractivity contribution is 5.83. The van der Waals surface area contributed by atoms with Crippen LogP contribution in [0.5, 0.6) is 0 Å². The lowest BCUT2D eigenvalue weighted by atomic mass is 10.1. The van der Waals surface area contributed by atoms with E-state index in [4.69, 9.17) is 10.9 Å². The second-order valence-electron chi connectivity index (χ2n) is 4.06. The number of hydrogen-bond donors (Lipinski definition) is 3. The van der Waals surface area contributed by atoms with E-state index in [9.17, 15) is 13.2 Å². The van der Waals surface area contributed by atoms with Gasteiger partial charge in [-0.2, -0.15) is 13.2 Å². The molecule has 0 aromatic carbocycles. The van der Waals surface area contributed by atoms with Gasteiger partial charge in [0.15, 0.2) is 5.84 Å². The van der Waals surface area contributed by atoms with Crippen molar-refractivity contribution in [1.82, 2.24) is 10.3 Å². The van der Waals surface area contributed by atoms with E-state index in [2.05, 4.69) is 15.5 Å². The molecule has 1 aromatic heterocycles. The Bertz CT molecular complexity index is 431. The van der Waals surface area contributed by atoms with Gasteiger partial charge in [0, 0.05) is 25.0 Å². The molecule has 19 heavy (non-hydrogen) atoms. The van der Waals surface area contributed by atoms with Gasteiger partial charge >= 0.3 is 6.18 Å². The zero-order valence-electron chi connectivity index (χ0n) is 10.3. The first-order valence-corrected chi connectivity index (χ1v) is 5.51. The van der Waals surface area contributed by atoms with E-state index in [-0.39, 0.29) is 6.54 Å². The number of pyridine rings is 1. The Kier molecular flexibility index (Phi) is 5.11. The van der Waals surface area contributed by atoms with Crippen molar-refractivity contribution in [3.63, 3.8) is 0 Å².